The van der Waals surface area contributed by atoms with Gasteiger partial charge in [0.2, 0.25) is 0 Å². The predicted octanol–water partition coefficient (Wildman–Crippen LogP) is 3.76. The molecule has 1 N–H and O–H groups in total. The summed E-state index contributed by atoms with van der Waals surface area (Å²) < 4.78 is 5.46. The summed E-state index contributed by atoms with van der Waals surface area (Å²) in [4.78, 5) is 0. The molecule has 20 heavy (non-hydrogen) atoms. The molecule has 2 aromatic carbocycles. The zero-order chi connectivity index (χ0) is 14.4. The van der Waals surface area contributed by atoms with Crippen molar-refractivity contribution >= 4 is 0 Å². The van der Waals surface area contributed by atoms with E-state index in [2.05, 4.69) is 48.6 Å². The zero-order valence-corrected chi connectivity index (χ0v) is 12.5. The molecule has 0 spiro atoms. The SMILES string of the molecule is CCc1ccc(CC(NC)c2ccccc2OC)cc1. The number of rotatable bonds is 6. The monoisotopic (exact) mass is 269 g/mol. The Morgan fingerprint density at radius 2 is 1.65 bits per heavy atom. The smallest absolute Gasteiger partial charge is 0.123 e. The number of hydrogen-bond donors (Lipinski definition) is 1. The highest BCUT2D eigenvalue weighted by molar-refractivity contribution is 5.37. The molecule has 0 aliphatic heterocycles. The first-order valence-corrected chi connectivity index (χ1v) is 7.16. The summed E-state index contributed by atoms with van der Waals surface area (Å²) in [6.07, 6.45) is 2.04. The molecule has 106 valence electrons. The maximum atomic E-state index is 5.46. The Morgan fingerprint density at radius 1 is 1.00 bits per heavy atom. The van der Waals surface area contributed by atoms with Crippen LogP contribution in [-0.4, -0.2) is 14.2 Å². The van der Waals surface area contributed by atoms with Gasteiger partial charge in [-0.2, -0.15) is 0 Å². The van der Waals surface area contributed by atoms with Crippen molar-refractivity contribution in [3.8, 4) is 5.75 Å². The molecule has 2 heteroatoms. The van der Waals surface area contributed by atoms with Crippen LogP contribution in [0.3, 0.4) is 0 Å². The van der Waals surface area contributed by atoms with Crippen molar-refractivity contribution < 1.29 is 4.74 Å². The van der Waals surface area contributed by atoms with Gasteiger partial charge in [0.25, 0.3) is 0 Å². The van der Waals surface area contributed by atoms with E-state index in [-0.39, 0.29) is 6.04 Å². The Morgan fingerprint density at radius 3 is 2.25 bits per heavy atom. The molecule has 2 rings (SSSR count). The number of nitrogens with one attached hydrogen (secondary N) is 1. The average Bonchev–Trinajstić information content (AvgIpc) is 2.53. The first-order chi connectivity index (χ1) is 9.78. The summed E-state index contributed by atoms with van der Waals surface area (Å²) in [5, 5.41) is 3.39. The van der Waals surface area contributed by atoms with E-state index in [9.17, 15) is 0 Å². The first-order valence-electron chi connectivity index (χ1n) is 7.16. The zero-order valence-electron chi connectivity index (χ0n) is 12.5. The van der Waals surface area contributed by atoms with Crippen molar-refractivity contribution in [1.82, 2.24) is 5.32 Å². The fourth-order valence-corrected chi connectivity index (χ4v) is 2.47. The molecule has 2 nitrogen and oxygen atoms in total. The molecular weight excluding hydrogens is 246 g/mol. The number of hydrogen-bond acceptors (Lipinski definition) is 2. The molecular formula is C18H23NO. The van der Waals surface area contributed by atoms with Crippen molar-refractivity contribution in [2.75, 3.05) is 14.2 Å². The molecule has 1 unspecified atom stereocenters. The van der Waals surface area contributed by atoms with Crippen LogP contribution in [0.15, 0.2) is 48.5 Å². The minimum atomic E-state index is 0.263. The van der Waals surface area contributed by atoms with Gasteiger partial charge in [0.15, 0.2) is 0 Å². The van der Waals surface area contributed by atoms with Crippen molar-refractivity contribution in [2.45, 2.75) is 25.8 Å². The quantitative estimate of drug-likeness (QED) is 0.862. The lowest BCUT2D eigenvalue weighted by atomic mass is 9.97. The minimum absolute atomic E-state index is 0.263. The average molecular weight is 269 g/mol. The number of methoxy groups -OCH3 is 1. The molecule has 0 amide bonds. The second kappa shape index (κ2) is 7.11. The summed E-state index contributed by atoms with van der Waals surface area (Å²) in [5.74, 6) is 0.942. The maximum absolute atomic E-state index is 5.46. The summed E-state index contributed by atoms with van der Waals surface area (Å²) in [7, 11) is 3.72. The topological polar surface area (TPSA) is 21.3 Å². The minimum Gasteiger partial charge on any atom is -0.496 e. The highest BCUT2D eigenvalue weighted by Crippen LogP contribution is 2.27. The maximum Gasteiger partial charge on any atom is 0.123 e. The van der Waals surface area contributed by atoms with Gasteiger partial charge in [-0.05, 0) is 37.1 Å². The third-order valence-electron chi connectivity index (χ3n) is 3.73. The molecule has 0 bridgehead atoms. The van der Waals surface area contributed by atoms with Crippen LogP contribution in [0.4, 0.5) is 0 Å². The van der Waals surface area contributed by atoms with E-state index >= 15 is 0 Å². The highest BCUT2D eigenvalue weighted by atomic mass is 16.5. The van der Waals surface area contributed by atoms with Gasteiger partial charge >= 0.3 is 0 Å². The first kappa shape index (κ1) is 14.6. The Labute approximate surface area is 121 Å². The highest BCUT2D eigenvalue weighted by Gasteiger charge is 2.14. The molecule has 0 aliphatic rings. The van der Waals surface area contributed by atoms with Crippen LogP contribution in [0, 0.1) is 0 Å². The molecule has 0 aromatic heterocycles. The van der Waals surface area contributed by atoms with Crippen molar-refractivity contribution in [3.63, 3.8) is 0 Å². The molecule has 0 radical (unpaired) electrons. The summed E-state index contributed by atoms with van der Waals surface area (Å²) in [5.41, 5.74) is 3.93. The van der Waals surface area contributed by atoms with E-state index in [4.69, 9.17) is 4.74 Å². The third kappa shape index (κ3) is 3.40. The lowest BCUT2D eigenvalue weighted by molar-refractivity contribution is 0.401. The van der Waals surface area contributed by atoms with Gasteiger partial charge in [-0.25, -0.2) is 0 Å². The molecule has 0 saturated heterocycles. The Hall–Kier alpha value is -1.80. The van der Waals surface area contributed by atoms with Gasteiger partial charge in [0.05, 0.1) is 7.11 Å². The van der Waals surface area contributed by atoms with Crippen LogP contribution in [0.1, 0.15) is 29.7 Å². The Balaban J connectivity index is 2.19. The van der Waals surface area contributed by atoms with Gasteiger partial charge in [-0.1, -0.05) is 49.4 Å². The standard InChI is InChI=1S/C18H23NO/c1-4-14-9-11-15(12-10-14)13-17(19-2)16-7-5-6-8-18(16)20-3/h5-12,17,19H,4,13H2,1-3H3. The van der Waals surface area contributed by atoms with Gasteiger partial charge in [-0.15, -0.1) is 0 Å². The molecule has 1 atom stereocenters. The number of ether oxygens (including phenoxy) is 1. The van der Waals surface area contributed by atoms with Crippen molar-refractivity contribution in [2.24, 2.45) is 0 Å². The second-order valence-corrected chi connectivity index (χ2v) is 4.96. The Bertz CT molecular complexity index is 533. The lowest BCUT2D eigenvalue weighted by Gasteiger charge is -2.19. The van der Waals surface area contributed by atoms with E-state index in [1.165, 1.54) is 16.7 Å². The van der Waals surface area contributed by atoms with Crippen LogP contribution in [0.5, 0.6) is 5.75 Å². The predicted molar refractivity (Wildman–Crippen MR) is 84.3 cm³/mol. The van der Waals surface area contributed by atoms with E-state index in [0.717, 1.165) is 18.6 Å². The van der Waals surface area contributed by atoms with Gasteiger partial charge in [0, 0.05) is 11.6 Å². The second-order valence-electron chi connectivity index (χ2n) is 4.96. The van der Waals surface area contributed by atoms with Gasteiger partial charge in [-0.3, -0.25) is 0 Å². The van der Waals surface area contributed by atoms with E-state index in [0.29, 0.717) is 0 Å². The number of benzene rings is 2. The van der Waals surface area contributed by atoms with Crippen molar-refractivity contribution in [1.29, 1.82) is 0 Å². The van der Waals surface area contributed by atoms with E-state index < -0.39 is 0 Å². The molecule has 0 aliphatic carbocycles. The molecule has 0 fully saturated rings. The molecule has 2 aromatic rings. The summed E-state index contributed by atoms with van der Waals surface area (Å²) in [6.45, 7) is 2.18. The number of likely N-dealkylation sites (N-methyl/N-ethyl adjacent to an activating group) is 1. The Kier molecular flexibility index (Phi) is 5.19. The lowest BCUT2D eigenvalue weighted by Crippen LogP contribution is -2.19. The largest absolute Gasteiger partial charge is 0.496 e. The third-order valence-corrected chi connectivity index (χ3v) is 3.73. The van der Waals surface area contributed by atoms with Gasteiger partial charge < -0.3 is 10.1 Å². The fraction of sp³-hybridized carbons (Fsp3) is 0.333. The normalized spacial score (nSPS) is 12.2. The van der Waals surface area contributed by atoms with Crippen LogP contribution >= 0.6 is 0 Å². The number of para-hydroxylation sites is 1. The van der Waals surface area contributed by atoms with E-state index in [1.54, 1.807) is 7.11 Å². The summed E-state index contributed by atoms with van der Waals surface area (Å²) in [6, 6.07) is 17.3. The van der Waals surface area contributed by atoms with Crippen LogP contribution < -0.4 is 10.1 Å². The summed E-state index contributed by atoms with van der Waals surface area (Å²) >= 11 is 0. The van der Waals surface area contributed by atoms with Crippen molar-refractivity contribution in [3.05, 3.63) is 65.2 Å². The van der Waals surface area contributed by atoms with Crippen LogP contribution in [0.2, 0.25) is 0 Å². The molecule has 0 heterocycles. The van der Waals surface area contributed by atoms with Crippen LogP contribution in [-0.2, 0) is 12.8 Å². The fourth-order valence-electron chi connectivity index (χ4n) is 2.47. The van der Waals surface area contributed by atoms with Crippen LogP contribution in [0.25, 0.3) is 0 Å². The van der Waals surface area contributed by atoms with E-state index in [1.807, 2.05) is 19.2 Å². The number of aryl methyl sites for hydroxylation is 1. The molecule has 0 saturated carbocycles. The van der Waals surface area contributed by atoms with Gasteiger partial charge in [0.1, 0.15) is 5.75 Å².